The molecule has 0 spiro atoms. The van der Waals surface area contributed by atoms with Crippen molar-refractivity contribution in [2.75, 3.05) is 26.7 Å². The molecule has 0 aliphatic heterocycles. The quantitative estimate of drug-likeness (QED) is 0.668. The van der Waals surface area contributed by atoms with E-state index in [9.17, 15) is 8.42 Å². The van der Waals surface area contributed by atoms with Gasteiger partial charge in [-0.15, -0.1) is 11.3 Å². The second-order valence-corrected chi connectivity index (χ2v) is 7.81. The fourth-order valence-corrected chi connectivity index (χ4v) is 4.46. The van der Waals surface area contributed by atoms with Crippen molar-refractivity contribution >= 4 is 21.4 Å². The first-order chi connectivity index (χ1) is 9.02. The lowest BCUT2D eigenvalue weighted by Gasteiger charge is -2.15. The number of hydrogen-bond donors (Lipinski definition) is 2. The van der Waals surface area contributed by atoms with Crippen LogP contribution in [-0.2, 0) is 16.4 Å². The van der Waals surface area contributed by atoms with E-state index in [2.05, 4.69) is 0 Å². The van der Waals surface area contributed by atoms with Crippen LogP contribution in [0.4, 0.5) is 0 Å². The first kappa shape index (κ1) is 16.6. The van der Waals surface area contributed by atoms with E-state index in [4.69, 9.17) is 10.8 Å². The third-order valence-electron chi connectivity index (χ3n) is 2.82. The van der Waals surface area contributed by atoms with Gasteiger partial charge in [0.1, 0.15) is 4.21 Å². The molecule has 7 heteroatoms. The van der Waals surface area contributed by atoms with Gasteiger partial charge in [-0.2, -0.15) is 0 Å². The molecule has 0 bridgehead atoms. The second kappa shape index (κ2) is 7.96. The largest absolute Gasteiger partial charge is 0.396 e. The standard InChI is InChI=1S/C12H22N2O3S2/c1-14(9-3-2-4-10-15)19(16,17)12-6-5-11(18-12)7-8-13/h5-6,15H,2-4,7-10,13H2,1H3. The first-order valence-corrected chi connectivity index (χ1v) is 8.64. The van der Waals surface area contributed by atoms with Gasteiger partial charge < -0.3 is 10.8 Å². The molecular weight excluding hydrogens is 284 g/mol. The predicted molar refractivity (Wildman–Crippen MR) is 77.8 cm³/mol. The molecule has 0 aromatic carbocycles. The maximum atomic E-state index is 12.3. The number of unbranched alkanes of at least 4 members (excludes halogenated alkanes) is 2. The average molecular weight is 306 g/mol. The summed E-state index contributed by atoms with van der Waals surface area (Å²) in [5, 5.41) is 8.68. The van der Waals surface area contributed by atoms with Crippen molar-refractivity contribution < 1.29 is 13.5 Å². The number of rotatable bonds is 9. The molecule has 110 valence electrons. The van der Waals surface area contributed by atoms with Crippen LogP contribution in [0.5, 0.6) is 0 Å². The summed E-state index contributed by atoms with van der Waals surface area (Å²) in [4.78, 5) is 0.995. The highest BCUT2D eigenvalue weighted by Gasteiger charge is 2.22. The number of aliphatic hydroxyl groups is 1. The van der Waals surface area contributed by atoms with Gasteiger partial charge >= 0.3 is 0 Å². The van der Waals surface area contributed by atoms with Gasteiger partial charge in [-0.1, -0.05) is 0 Å². The third-order valence-corrected chi connectivity index (χ3v) is 6.29. The summed E-state index contributed by atoms with van der Waals surface area (Å²) in [5.41, 5.74) is 5.46. The van der Waals surface area contributed by atoms with E-state index in [1.165, 1.54) is 15.6 Å². The fourth-order valence-electron chi connectivity index (χ4n) is 1.67. The Kier molecular flexibility index (Phi) is 6.95. The number of aliphatic hydroxyl groups excluding tert-OH is 1. The molecule has 1 rings (SSSR count). The summed E-state index contributed by atoms with van der Waals surface area (Å²) < 4.78 is 26.3. The van der Waals surface area contributed by atoms with E-state index < -0.39 is 10.0 Å². The van der Waals surface area contributed by atoms with E-state index in [-0.39, 0.29) is 6.61 Å². The van der Waals surface area contributed by atoms with E-state index in [0.717, 1.165) is 17.7 Å². The van der Waals surface area contributed by atoms with Gasteiger partial charge in [0.2, 0.25) is 0 Å². The molecule has 0 aliphatic rings. The van der Waals surface area contributed by atoms with Gasteiger partial charge in [0.15, 0.2) is 0 Å². The van der Waals surface area contributed by atoms with Gasteiger partial charge in [-0.3, -0.25) is 0 Å². The second-order valence-electron chi connectivity index (χ2n) is 4.37. The zero-order chi connectivity index (χ0) is 14.3. The smallest absolute Gasteiger partial charge is 0.252 e. The van der Waals surface area contributed by atoms with Crippen molar-refractivity contribution in [1.29, 1.82) is 0 Å². The van der Waals surface area contributed by atoms with Crippen molar-refractivity contribution in [3.05, 3.63) is 17.0 Å². The molecule has 1 aromatic heterocycles. The number of nitrogens with two attached hydrogens (primary N) is 1. The SMILES string of the molecule is CN(CCCCCO)S(=O)(=O)c1ccc(CCN)s1. The summed E-state index contributed by atoms with van der Waals surface area (Å²) in [6.45, 7) is 1.16. The molecule has 0 fully saturated rings. The van der Waals surface area contributed by atoms with Crippen LogP contribution in [0.15, 0.2) is 16.3 Å². The van der Waals surface area contributed by atoms with E-state index >= 15 is 0 Å². The van der Waals surface area contributed by atoms with Crippen molar-refractivity contribution in [1.82, 2.24) is 4.31 Å². The van der Waals surface area contributed by atoms with Gasteiger partial charge in [0, 0.05) is 25.1 Å². The van der Waals surface area contributed by atoms with Gasteiger partial charge in [0.25, 0.3) is 10.0 Å². The van der Waals surface area contributed by atoms with Gasteiger partial charge in [0.05, 0.1) is 0 Å². The van der Waals surface area contributed by atoms with Crippen LogP contribution in [0.2, 0.25) is 0 Å². The zero-order valence-electron chi connectivity index (χ0n) is 11.2. The maximum absolute atomic E-state index is 12.3. The molecule has 19 heavy (non-hydrogen) atoms. The molecule has 5 nitrogen and oxygen atoms in total. The van der Waals surface area contributed by atoms with Crippen molar-refractivity contribution in [2.45, 2.75) is 29.9 Å². The lowest BCUT2D eigenvalue weighted by Crippen LogP contribution is -2.27. The Morgan fingerprint density at radius 1 is 1.32 bits per heavy atom. The molecule has 0 amide bonds. The Balaban J connectivity index is 2.62. The van der Waals surface area contributed by atoms with Crippen LogP contribution in [0.1, 0.15) is 24.1 Å². The van der Waals surface area contributed by atoms with Crippen LogP contribution >= 0.6 is 11.3 Å². The molecular formula is C12H22N2O3S2. The minimum absolute atomic E-state index is 0.157. The number of nitrogens with zero attached hydrogens (tertiary/aromatic N) is 1. The molecule has 1 aromatic rings. The minimum atomic E-state index is -3.38. The molecule has 0 saturated heterocycles. The van der Waals surface area contributed by atoms with Crippen molar-refractivity contribution in [3.8, 4) is 0 Å². The van der Waals surface area contributed by atoms with Gasteiger partial charge in [-0.05, 0) is 44.4 Å². The highest BCUT2D eigenvalue weighted by molar-refractivity contribution is 7.91. The monoisotopic (exact) mass is 306 g/mol. The lowest BCUT2D eigenvalue weighted by molar-refractivity contribution is 0.281. The average Bonchev–Trinajstić information content (AvgIpc) is 2.84. The molecule has 0 atom stereocenters. The van der Waals surface area contributed by atoms with Crippen molar-refractivity contribution in [3.63, 3.8) is 0 Å². The minimum Gasteiger partial charge on any atom is -0.396 e. The Morgan fingerprint density at radius 3 is 2.68 bits per heavy atom. The Hall–Kier alpha value is -0.470. The molecule has 0 unspecified atom stereocenters. The van der Waals surface area contributed by atoms with Crippen LogP contribution in [0, 0.1) is 0 Å². The fraction of sp³-hybridized carbons (Fsp3) is 0.667. The highest BCUT2D eigenvalue weighted by atomic mass is 32.2. The normalized spacial score (nSPS) is 12.2. The van der Waals surface area contributed by atoms with Gasteiger partial charge in [-0.25, -0.2) is 12.7 Å². The van der Waals surface area contributed by atoms with Crippen LogP contribution in [0.3, 0.4) is 0 Å². The van der Waals surface area contributed by atoms with E-state index in [0.29, 0.717) is 30.1 Å². The third kappa shape index (κ3) is 4.85. The molecule has 1 heterocycles. The predicted octanol–water partition coefficient (Wildman–Crippen LogP) is 1.03. The molecule has 0 aliphatic carbocycles. The zero-order valence-corrected chi connectivity index (χ0v) is 12.8. The lowest BCUT2D eigenvalue weighted by atomic mass is 10.2. The number of thiophene rings is 1. The summed E-state index contributed by atoms with van der Waals surface area (Å²) in [6, 6.07) is 3.47. The number of hydrogen-bond acceptors (Lipinski definition) is 5. The first-order valence-electron chi connectivity index (χ1n) is 6.38. The highest BCUT2D eigenvalue weighted by Crippen LogP contribution is 2.24. The summed E-state index contributed by atoms with van der Waals surface area (Å²) in [7, 11) is -1.78. The summed E-state index contributed by atoms with van der Waals surface area (Å²) >= 11 is 1.29. The van der Waals surface area contributed by atoms with Crippen molar-refractivity contribution in [2.24, 2.45) is 5.73 Å². The van der Waals surface area contributed by atoms with E-state index in [1.807, 2.05) is 6.07 Å². The van der Waals surface area contributed by atoms with Crippen LogP contribution in [0.25, 0.3) is 0 Å². The summed E-state index contributed by atoms with van der Waals surface area (Å²) in [5.74, 6) is 0. The van der Waals surface area contributed by atoms with Crippen LogP contribution < -0.4 is 5.73 Å². The Morgan fingerprint density at radius 2 is 2.05 bits per heavy atom. The topological polar surface area (TPSA) is 83.6 Å². The Bertz CT molecular complexity index is 471. The number of sulfonamides is 1. The maximum Gasteiger partial charge on any atom is 0.252 e. The van der Waals surface area contributed by atoms with Crippen LogP contribution in [-0.4, -0.2) is 44.6 Å². The molecule has 3 N–H and O–H groups in total. The Labute approximate surface area is 119 Å². The molecule has 0 saturated carbocycles. The van der Waals surface area contributed by atoms with E-state index in [1.54, 1.807) is 13.1 Å². The summed E-state index contributed by atoms with van der Waals surface area (Å²) in [6.07, 6.45) is 3.02. The molecule has 0 radical (unpaired) electrons.